The SMILES string of the molecule is CNC(=O)c1cc(C)cc2c1ccc(=O)n2CCN1CCC(NCc2ccc3c(c2)OCCO3)CC1. The molecular formula is C28H34N4O4. The Kier molecular flexibility index (Phi) is 7.25. The highest BCUT2D eigenvalue weighted by atomic mass is 16.6. The number of fused-ring (bicyclic) bond motifs is 2. The molecule has 1 amide bonds. The van der Waals surface area contributed by atoms with Gasteiger partial charge in [0.15, 0.2) is 11.5 Å². The van der Waals surface area contributed by atoms with Gasteiger partial charge in [-0.15, -0.1) is 0 Å². The number of likely N-dealkylation sites (tertiary alicyclic amines) is 1. The molecule has 1 saturated heterocycles. The number of benzene rings is 2. The van der Waals surface area contributed by atoms with Gasteiger partial charge in [-0.3, -0.25) is 9.59 Å². The number of piperidine rings is 1. The fourth-order valence-corrected chi connectivity index (χ4v) is 5.16. The summed E-state index contributed by atoms with van der Waals surface area (Å²) >= 11 is 0. The molecule has 190 valence electrons. The topological polar surface area (TPSA) is 84.8 Å². The predicted molar refractivity (Wildman–Crippen MR) is 140 cm³/mol. The van der Waals surface area contributed by atoms with Crippen LogP contribution in [-0.4, -0.2) is 61.3 Å². The van der Waals surface area contributed by atoms with Gasteiger partial charge in [0, 0.05) is 49.7 Å². The lowest BCUT2D eigenvalue weighted by Crippen LogP contribution is -2.43. The summed E-state index contributed by atoms with van der Waals surface area (Å²) in [5, 5.41) is 7.20. The van der Waals surface area contributed by atoms with Crippen molar-refractivity contribution < 1.29 is 14.3 Å². The monoisotopic (exact) mass is 490 g/mol. The van der Waals surface area contributed by atoms with Crippen LogP contribution in [0.2, 0.25) is 0 Å². The Morgan fingerprint density at radius 2 is 1.78 bits per heavy atom. The average Bonchev–Trinajstić information content (AvgIpc) is 2.91. The second-order valence-corrected chi connectivity index (χ2v) is 9.62. The van der Waals surface area contributed by atoms with Crippen molar-refractivity contribution in [1.82, 2.24) is 20.1 Å². The predicted octanol–water partition coefficient (Wildman–Crippen LogP) is 2.69. The third-order valence-corrected chi connectivity index (χ3v) is 7.15. The summed E-state index contributed by atoms with van der Waals surface area (Å²) in [4.78, 5) is 27.6. The maximum atomic E-state index is 12.7. The molecule has 1 fully saturated rings. The number of amides is 1. The highest BCUT2D eigenvalue weighted by Gasteiger charge is 2.20. The standard InChI is InChI=1S/C28H34N4O4/c1-19-15-23(28(34)29-2)22-4-6-27(33)32(24(22)16-19)12-11-31-9-7-21(8-10-31)30-18-20-3-5-25-26(17-20)36-14-13-35-25/h3-6,15-17,21,30H,7-14,18H2,1-2H3,(H,29,34). The van der Waals surface area contributed by atoms with E-state index in [1.165, 1.54) is 5.56 Å². The van der Waals surface area contributed by atoms with Gasteiger partial charge in [-0.25, -0.2) is 0 Å². The first-order chi connectivity index (χ1) is 17.5. The number of nitrogens with one attached hydrogen (secondary N) is 2. The molecule has 2 N–H and O–H groups in total. The molecule has 2 aromatic carbocycles. The minimum Gasteiger partial charge on any atom is -0.486 e. The van der Waals surface area contributed by atoms with Crippen LogP contribution in [0, 0.1) is 6.92 Å². The van der Waals surface area contributed by atoms with E-state index in [0.29, 0.717) is 31.4 Å². The molecule has 1 aromatic heterocycles. The van der Waals surface area contributed by atoms with Crippen molar-refractivity contribution in [3.05, 3.63) is 69.5 Å². The van der Waals surface area contributed by atoms with Gasteiger partial charge in [-0.2, -0.15) is 0 Å². The number of carbonyl (C=O) groups excluding carboxylic acids is 1. The van der Waals surface area contributed by atoms with E-state index in [4.69, 9.17) is 9.47 Å². The first-order valence-electron chi connectivity index (χ1n) is 12.7. The van der Waals surface area contributed by atoms with Crippen molar-refractivity contribution in [1.29, 1.82) is 0 Å². The van der Waals surface area contributed by atoms with E-state index >= 15 is 0 Å². The molecule has 0 spiro atoms. The molecule has 8 nitrogen and oxygen atoms in total. The van der Waals surface area contributed by atoms with E-state index in [0.717, 1.165) is 67.0 Å². The molecule has 0 radical (unpaired) electrons. The second kappa shape index (κ2) is 10.7. The zero-order chi connectivity index (χ0) is 25.1. The van der Waals surface area contributed by atoms with Gasteiger partial charge in [-0.1, -0.05) is 6.07 Å². The molecule has 8 heteroatoms. The maximum absolute atomic E-state index is 12.7. The highest BCUT2D eigenvalue weighted by molar-refractivity contribution is 6.06. The molecule has 3 aromatic rings. The zero-order valence-electron chi connectivity index (χ0n) is 21.0. The maximum Gasteiger partial charge on any atom is 0.251 e. The molecule has 3 heterocycles. The third-order valence-electron chi connectivity index (χ3n) is 7.15. The van der Waals surface area contributed by atoms with Gasteiger partial charge in [0.05, 0.1) is 5.52 Å². The van der Waals surface area contributed by atoms with E-state index in [9.17, 15) is 9.59 Å². The lowest BCUT2D eigenvalue weighted by Gasteiger charge is -2.32. The van der Waals surface area contributed by atoms with Crippen LogP contribution in [0.15, 0.2) is 47.3 Å². The van der Waals surface area contributed by atoms with Gasteiger partial charge < -0.3 is 29.6 Å². The summed E-state index contributed by atoms with van der Waals surface area (Å²) < 4.78 is 13.1. The Morgan fingerprint density at radius 3 is 2.56 bits per heavy atom. The van der Waals surface area contributed by atoms with Crippen LogP contribution in [-0.2, 0) is 13.1 Å². The minimum atomic E-state index is -0.139. The van der Waals surface area contributed by atoms with Gasteiger partial charge >= 0.3 is 0 Å². The molecule has 0 unspecified atom stereocenters. The number of aromatic nitrogens is 1. The quantitative estimate of drug-likeness (QED) is 0.530. The lowest BCUT2D eigenvalue weighted by atomic mass is 10.0. The highest BCUT2D eigenvalue weighted by Crippen LogP contribution is 2.30. The largest absolute Gasteiger partial charge is 0.486 e. The molecule has 2 aliphatic rings. The summed E-state index contributed by atoms with van der Waals surface area (Å²) in [6.45, 7) is 7.34. The fourth-order valence-electron chi connectivity index (χ4n) is 5.16. The molecule has 0 saturated carbocycles. The number of ether oxygens (including phenoxy) is 2. The van der Waals surface area contributed by atoms with Crippen molar-refractivity contribution in [3.8, 4) is 11.5 Å². The smallest absolute Gasteiger partial charge is 0.251 e. The average molecular weight is 491 g/mol. The zero-order valence-corrected chi connectivity index (χ0v) is 21.0. The van der Waals surface area contributed by atoms with Crippen LogP contribution in [0.3, 0.4) is 0 Å². The molecule has 36 heavy (non-hydrogen) atoms. The Morgan fingerprint density at radius 1 is 1.00 bits per heavy atom. The summed E-state index contributed by atoms with van der Waals surface area (Å²) in [5.74, 6) is 1.51. The van der Waals surface area contributed by atoms with Crippen molar-refractivity contribution >= 4 is 16.8 Å². The number of carbonyl (C=O) groups is 1. The van der Waals surface area contributed by atoms with Crippen molar-refractivity contribution in [3.63, 3.8) is 0 Å². The Balaban J connectivity index is 1.18. The van der Waals surface area contributed by atoms with E-state index in [1.807, 2.05) is 25.1 Å². The summed E-state index contributed by atoms with van der Waals surface area (Å²) in [6.07, 6.45) is 2.13. The molecule has 5 rings (SSSR count). The molecule has 0 bridgehead atoms. The second-order valence-electron chi connectivity index (χ2n) is 9.62. The number of hydrogen-bond acceptors (Lipinski definition) is 6. The van der Waals surface area contributed by atoms with E-state index < -0.39 is 0 Å². The first-order valence-corrected chi connectivity index (χ1v) is 12.7. The van der Waals surface area contributed by atoms with Gasteiger partial charge in [0.2, 0.25) is 0 Å². The molecule has 2 aliphatic heterocycles. The summed E-state index contributed by atoms with van der Waals surface area (Å²) in [5.41, 5.74) is 3.55. The van der Waals surface area contributed by atoms with E-state index in [1.54, 1.807) is 23.7 Å². The first kappa shape index (κ1) is 24.3. The molecule has 0 atom stereocenters. The van der Waals surface area contributed by atoms with Crippen molar-refractivity contribution in [2.24, 2.45) is 0 Å². The minimum absolute atomic E-state index is 0.0352. The summed E-state index contributed by atoms with van der Waals surface area (Å²) in [6, 6.07) is 13.8. The normalized spacial score (nSPS) is 16.3. The number of hydrogen-bond donors (Lipinski definition) is 2. The third kappa shape index (κ3) is 5.24. The summed E-state index contributed by atoms with van der Waals surface area (Å²) in [7, 11) is 1.63. The number of rotatable bonds is 7. The van der Waals surface area contributed by atoms with Crippen LogP contribution < -0.4 is 25.7 Å². The number of aryl methyl sites for hydroxylation is 1. The van der Waals surface area contributed by atoms with Gasteiger partial charge in [0.1, 0.15) is 13.2 Å². The van der Waals surface area contributed by atoms with Crippen LogP contribution in [0.4, 0.5) is 0 Å². The number of pyridine rings is 1. The lowest BCUT2D eigenvalue weighted by molar-refractivity contribution is 0.0964. The Labute approximate surface area is 211 Å². The fraction of sp³-hybridized carbons (Fsp3) is 0.429. The van der Waals surface area contributed by atoms with Crippen LogP contribution in [0.5, 0.6) is 11.5 Å². The van der Waals surface area contributed by atoms with Crippen molar-refractivity contribution in [2.45, 2.75) is 38.9 Å². The molecule has 0 aliphatic carbocycles. The van der Waals surface area contributed by atoms with Crippen LogP contribution in [0.25, 0.3) is 10.9 Å². The van der Waals surface area contributed by atoms with Crippen LogP contribution in [0.1, 0.15) is 34.3 Å². The molecular weight excluding hydrogens is 456 g/mol. The van der Waals surface area contributed by atoms with Gasteiger partial charge in [0.25, 0.3) is 11.5 Å². The Hall–Kier alpha value is -3.36. The van der Waals surface area contributed by atoms with E-state index in [-0.39, 0.29) is 11.5 Å². The van der Waals surface area contributed by atoms with Gasteiger partial charge in [-0.05, 0) is 74.3 Å². The van der Waals surface area contributed by atoms with E-state index in [2.05, 4.69) is 27.7 Å². The Bertz CT molecular complexity index is 1310. The number of nitrogens with zero attached hydrogens (tertiary/aromatic N) is 2. The van der Waals surface area contributed by atoms with Crippen LogP contribution >= 0.6 is 0 Å². The van der Waals surface area contributed by atoms with Crippen molar-refractivity contribution in [2.75, 3.05) is 39.9 Å².